The first-order valence-corrected chi connectivity index (χ1v) is 5.37. The Kier molecular flexibility index (Phi) is 4.79. The SMILES string of the molecule is C=C/C=C(\C=C/N)C(=O)N[C@@H]1CCN(C)C1. The highest BCUT2D eigenvalue weighted by molar-refractivity contribution is 5.96. The minimum Gasteiger partial charge on any atom is -0.405 e. The standard InChI is InChI=1S/C12H19N3O/c1-3-4-10(5-7-13)12(16)14-11-6-8-15(2)9-11/h3-5,7,11H,1,6,8-9,13H2,2H3,(H,14,16)/b7-5-,10-4+/t11-/m1/s1. The van der Waals surface area contributed by atoms with Crippen LogP contribution in [0.2, 0.25) is 0 Å². The molecule has 0 spiro atoms. The monoisotopic (exact) mass is 221 g/mol. The number of carbonyl (C=O) groups excluding carboxylic acids is 1. The fourth-order valence-corrected chi connectivity index (χ4v) is 1.76. The number of likely N-dealkylation sites (tertiary alicyclic amines) is 1. The van der Waals surface area contributed by atoms with E-state index in [9.17, 15) is 4.79 Å². The second-order valence-electron chi connectivity index (χ2n) is 3.94. The maximum Gasteiger partial charge on any atom is 0.251 e. The number of hydrogen-bond donors (Lipinski definition) is 2. The predicted molar refractivity (Wildman–Crippen MR) is 65.7 cm³/mol. The normalized spacial score (nSPS) is 22.6. The van der Waals surface area contributed by atoms with E-state index in [1.165, 1.54) is 6.20 Å². The number of nitrogens with one attached hydrogen (secondary N) is 1. The second kappa shape index (κ2) is 6.12. The van der Waals surface area contributed by atoms with Gasteiger partial charge < -0.3 is 16.0 Å². The van der Waals surface area contributed by atoms with Crippen molar-refractivity contribution in [2.75, 3.05) is 20.1 Å². The number of rotatable bonds is 4. The number of nitrogens with zero attached hydrogens (tertiary/aromatic N) is 1. The van der Waals surface area contributed by atoms with Crippen molar-refractivity contribution in [1.82, 2.24) is 10.2 Å². The molecule has 1 saturated heterocycles. The van der Waals surface area contributed by atoms with Gasteiger partial charge >= 0.3 is 0 Å². The molecular weight excluding hydrogens is 202 g/mol. The summed E-state index contributed by atoms with van der Waals surface area (Å²) >= 11 is 0. The van der Waals surface area contributed by atoms with Gasteiger partial charge in [0.15, 0.2) is 0 Å². The zero-order valence-corrected chi connectivity index (χ0v) is 9.65. The molecule has 0 radical (unpaired) electrons. The summed E-state index contributed by atoms with van der Waals surface area (Å²) in [4.78, 5) is 14.0. The molecule has 4 heteroatoms. The molecule has 4 nitrogen and oxygen atoms in total. The largest absolute Gasteiger partial charge is 0.405 e. The van der Waals surface area contributed by atoms with Gasteiger partial charge in [0, 0.05) is 18.2 Å². The molecule has 0 saturated carbocycles. The van der Waals surface area contributed by atoms with Crippen LogP contribution in [-0.4, -0.2) is 37.0 Å². The minimum atomic E-state index is -0.0955. The van der Waals surface area contributed by atoms with Gasteiger partial charge in [0.1, 0.15) is 0 Å². The zero-order valence-electron chi connectivity index (χ0n) is 9.65. The van der Waals surface area contributed by atoms with Crippen LogP contribution >= 0.6 is 0 Å². The van der Waals surface area contributed by atoms with Crippen LogP contribution < -0.4 is 11.1 Å². The van der Waals surface area contributed by atoms with Crippen molar-refractivity contribution in [2.24, 2.45) is 5.73 Å². The fourth-order valence-electron chi connectivity index (χ4n) is 1.76. The van der Waals surface area contributed by atoms with Crippen molar-refractivity contribution < 1.29 is 4.79 Å². The molecule has 0 bridgehead atoms. The van der Waals surface area contributed by atoms with Crippen molar-refractivity contribution in [3.05, 3.63) is 36.6 Å². The highest BCUT2D eigenvalue weighted by Crippen LogP contribution is 2.07. The first kappa shape index (κ1) is 12.5. The average molecular weight is 221 g/mol. The summed E-state index contributed by atoms with van der Waals surface area (Å²) in [6.45, 7) is 5.50. The van der Waals surface area contributed by atoms with Gasteiger partial charge in [-0.3, -0.25) is 4.79 Å². The van der Waals surface area contributed by atoms with Gasteiger partial charge in [-0.05, 0) is 38.4 Å². The Morgan fingerprint density at radius 2 is 2.38 bits per heavy atom. The van der Waals surface area contributed by atoms with Crippen molar-refractivity contribution in [3.63, 3.8) is 0 Å². The van der Waals surface area contributed by atoms with E-state index in [0.29, 0.717) is 5.57 Å². The molecule has 1 aliphatic rings. The third-order valence-electron chi connectivity index (χ3n) is 2.56. The van der Waals surface area contributed by atoms with Crippen LogP contribution in [0.5, 0.6) is 0 Å². The van der Waals surface area contributed by atoms with E-state index >= 15 is 0 Å². The molecule has 1 amide bonds. The van der Waals surface area contributed by atoms with E-state index in [0.717, 1.165) is 19.5 Å². The summed E-state index contributed by atoms with van der Waals surface area (Å²) in [6.07, 6.45) is 7.16. The number of likely N-dealkylation sites (N-methyl/N-ethyl adjacent to an activating group) is 1. The Bertz CT molecular complexity index is 320. The topological polar surface area (TPSA) is 58.4 Å². The molecule has 0 aliphatic carbocycles. The van der Waals surface area contributed by atoms with Gasteiger partial charge in [-0.1, -0.05) is 12.7 Å². The zero-order chi connectivity index (χ0) is 12.0. The molecule has 16 heavy (non-hydrogen) atoms. The molecule has 88 valence electrons. The lowest BCUT2D eigenvalue weighted by atomic mass is 10.2. The third-order valence-corrected chi connectivity index (χ3v) is 2.56. The van der Waals surface area contributed by atoms with Crippen LogP contribution in [0.3, 0.4) is 0 Å². The van der Waals surface area contributed by atoms with Gasteiger partial charge in [0.2, 0.25) is 0 Å². The predicted octanol–water partition coefficient (Wildman–Crippen LogP) is 0.391. The summed E-state index contributed by atoms with van der Waals surface area (Å²) in [6, 6.07) is 0.233. The molecule has 0 unspecified atom stereocenters. The summed E-state index contributed by atoms with van der Waals surface area (Å²) in [5, 5.41) is 2.98. The Morgan fingerprint density at radius 3 is 2.88 bits per heavy atom. The van der Waals surface area contributed by atoms with Gasteiger partial charge in [0.25, 0.3) is 5.91 Å². The number of amides is 1. The first-order chi connectivity index (χ1) is 7.67. The van der Waals surface area contributed by atoms with E-state index in [4.69, 9.17) is 5.73 Å². The smallest absolute Gasteiger partial charge is 0.251 e. The summed E-state index contributed by atoms with van der Waals surface area (Å²) in [5.74, 6) is -0.0955. The summed E-state index contributed by atoms with van der Waals surface area (Å²) in [7, 11) is 2.05. The number of allylic oxidation sites excluding steroid dienone is 2. The number of hydrogen-bond acceptors (Lipinski definition) is 3. The molecule has 3 N–H and O–H groups in total. The lowest BCUT2D eigenvalue weighted by Crippen LogP contribution is -2.37. The summed E-state index contributed by atoms with van der Waals surface area (Å²) < 4.78 is 0. The Hall–Kier alpha value is -1.55. The molecule has 1 fully saturated rings. The van der Waals surface area contributed by atoms with Crippen LogP contribution in [0.15, 0.2) is 36.6 Å². The van der Waals surface area contributed by atoms with Gasteiger partial charge in [-0.15, -0.1) is 0 Å². The molecule has 0 aromatic heterocycles. The van der Waals surface area contributed by atoms with Crippen molar-refractivity contribution in [2.45, 2.75) is 12.5 Å². The quantitative estimate of drug-likeness (QED) is 0.533. The van der Waals surface area contributed by atoms with Crippen LogP contribution in [0, 0.1) is 0 Å². The lowest BCUT2D eigenvalue weighted by Gasteiger charge is -2.13. The van der Waals surface area contributed by atoms with E-state index in [2.05, 4.69) is 16.8 Å². The van der Waals surface area contributed by atoms with Gasteiger partial charge in [0.05, 0.1) is 0 Å². The van der Waals surface area contributed by atoms with Crippen LogP contribution in [0.25, 0.3) is 0 Å². The van der Waals surface area contributed by atoms with Crippen LogP contribution in [-0.2, 0) is 4.79 Å². The second-order valence-corrected chi connectivity index (χ2v) is 3.94. The molecule has 0 aromatic carbocycles. The minimum absolute atomic E-state index is 0.0955. The van der Waals surface area contributed by atoms with Crippen LogP contribution in [0.1, 0.15) is 6.42 Å². The van der Waals surface area contributed by atoms with Crippen molar-refractivity contribution in [3.8, 4) is 0 Å². The van der Waals surface area contributed by atoms with Crippen molar-refractivity contribution >= 4 is 5.91 Å². The highest BCUT2D eigenvalue weighted by atomic mass is 16.1. The molecule has 1 heterocycles. The third kappa shape index (κ3) is 3.55. The highest BCUT2D eigenvalue weighted by Gasteiger charge is 2.21. The molecule has 0 aromatic rings. The summed E-state index contributed by atoms with van der Waals surface area (Å²) in [5.41, 5.74) is 5.82. The van der Waals surface area contributed by atoms with Gasteiger partial charge in [-0.2, -0.15) is 0 Å². The molecule has 1 aliphatic heterocycles. The van der Waals surface area contributed by atoms with E-state index < -0.39 is 0 Å². The Labute approximate surface area is 96.5 Å². The average Bonchev–Trinajstić information content (AvgIpc) is 2.63. The maximum atomic E-state index is 11.8. The van der Waals surface area contributed by atoms with Crippen LogP contribution in [0.4, 0.5) is 0 Å². The lowest BCUT2D eigenvalue weighted by molar-refractivity contribution is -0.117. The number of nitrogens with two attached hydrogens (primary N) is 1. The van der Waals surface area contributed by atoms with E-state index in [1.54, 1.807) is 18.2 Å². The number of carbonyl (C=O) groups is 1. The Balaban J connectivity index is 2.56. The van der Waals surface area contributed by atoms with Crippen molar-refractivity contribution in [1.29, 1.82) is 0 Å². The molecule has 1 rings (SSSR count). The molecule has 1 atom stereocenters. The first-order valence-electron chi connectivity index (χ1n) is 5.37. The van der Waals surface area contributed by atoms with E-state index in [-0.39, 0.29) is 11.9 Å². The Morgan fingerprint density at radius 1 is 1.62 bits per heavy atom. The van der Waals surface area contributed by atoms with E-state index in [1.807, 2.05) is 7.05 Å². The maximum absolute atomic E-state index is 11.8. The fraction of sp³-hybridized carbons (Fsp3) is 0.417. The van der Waals surface area contributed by atoms with Gasteiger partial charge in [-0.25, -0.2) is 0 Å². The molecular formula is C12H19N3O.